The molecule has 0 fully saturated rings. The highest BCUT2D eigenvalue weighted by atomic mass is 15.9. The van der Waals surface area contributed by atoms with Gasteiger partial charge in [-0.3, -0.25) is 0 Å². The summed E-state index contributed by atoms with van der Waals surface area (Å²) in [5, 5.41) is 21.9. The van der Waals surface area contributed by atoms with E-state index >= 15 is 0 Å². The van der Waals surface area contributed by atoms with Crippen LogP contribution in [0.4, 0.5) is 0 Å². The molecule has 0 aliphatic rings. The van der Waals surface area contributed by atoms with Gasteiger partial charge in [0.1, 0.15) is 0 Å². The van der Waals surface area contributed by atoms with Gasteiger partial charge in [0, 0.05) is 6.42 Å². The first-order chi connectivity index (χ1) is 5.92. The van der Waals surface area contributed by atoms with Gasteiger partial charge < -0.3 is 0 Å². The second-order valence-corrected chi connectivity index (χ2v) is 2.04. The highest BCUT2D eigenvalue weighted by molar-refractivity contribution is 4.77. The average molecular weight is 166 g/mol. The summed E-state index contributed by atoms with van der Waals surface area (Å²) < 4.78 is 0. The van der Waals surface area contributed by atoms with E-state index in [4.69, 9.17) is 0 Å². The summed E-state index contributed by atoms with van der Waals surface area (Å²) in [7, 11) is 0. The van der Waals surface area contributed by atoms with Crippen LogP contribution in [0, 0.1) is 0 Å². The van der Waals surface area contributed by atoms with Crippen molar-refractivity contribution in [3.05, 3.63) is 12.2 Å². The van der Waals surface area contributed by atoms with Crippen LogP contribution in [-0.4, -0.2) is 40.6 Å². The zero-order valence-corrected chi connectivity index (χ0v) is 6.36. The number of nitrogens with zero attached hydrogens (tertiary/aromatic N) is 8. The molecular formula is C4H6N8. The third kappa shape index (κ3) is 0.929. The third-order valence-electron chi connectivity index (χ3n) is 1.34. The molecule has 0 saturated carbocycles. The molecule has 0 saturated heterocycles. The van der Waals surface area contributed by atoms with Gasteiger partial charge in [0.25, 0.3) is 0 Å². The number of aromatic nitrogens is 8. The zero-order chi connectivity index (χ0) is 8.39. The molecule has 2 heterocycles. The number of aryl methyl sites for hydroxylation is 1. The molecule has 0 amide bonds. The monoisotopic (exact) mass is 166 g/mol. The normalized spacial score (nSPS) is 10.4. The van der Waals surface area contributed by atoms with E-state index in [1.165, 1.54) is 16.0 Å². The van der Waals surface area contributed by atoms with Crippen LogP contribution in [0.2, 0.25) is 0 Å². The second-order valence-electron chi connectivity index (χ2n) is 2.04. The topological polar surface area (TPSA) is 87.2 Å². The van der Waals surface area contributed by atoms with Gasteiger partial charge in [-0.25, -0.2) is 0 Å². The van der Waals surface area contributed by atoms with Crippen LogP contribution in [0.1, 0.15) is 12.7 Å². The third-order valence-corrected chi connectivity index (χ3v) is 1.34. The summed E-state index contributed by atoms with van der Waals surface area (Å²) in [6.07, 6.45) is 2.04. The van der Waals surface area contributed by atoms with E-state index in [9.17, 15) is 0 Å². The molecule has 0 N–H and O–H groups in total. The molecule has 62 valence electrons. The smallest absolute Gasteiger partial charge is 0.116 e. The lowest BCUT2D eigenvalue weighted by atomic mass is 10.5. The Balaban J connectivity index is 2.46. The Morgan fingerprint density at radius 2 is 2.33 bits per heavy atom. The van der Waals surface area contributed by atoms with Gasteiger partial charge in [-0.2, -0.15) is 0 Å². The first-order valence-electron chi connectivity index (χ1n) is 3.42. The molecule has 2 rings (SSSR count). The first kappa shape index (κ1) is 6.83. The minimum atomic E-state index is 0.688. The Morgan fingerprint density at radius 1 is 1.42 bits per heavy atom. The van der Waals surface area contributed by atoms with E-state index < -0.39 is 0 Å². The summed E-state index contributed by atoms with van der Waals surface area (Å²) >= 11 is 0. The van der Waals surface area contributed by atoms with Gasteiger partial charge in [0.15, 0.2) is 12.2 Å². The lowest BCUT2D eigenvalue weighted by Crippen LogP contribution is -2.17. The van der Waals surface area contributed by atoms with Crippen molar-refractivity contribution in [3.63, 3.8) is 0 Å². The summed E-state index contributed by atoms with van der Waals surface area (Å²) in [6, 6.07) is 0. The molecule has 0 unspecified atom stereocenters. The summed E-state index contributed by atoms with van der Waals surface area (Å²) in [4.78, 5) is 2.60. The number of hydrogen-bond acceptors (Lipinski definition) is 6. The fourth-order valence-electron chi connectivity index (χ4n) is 0.801. The molecule has 12 heavy (non-hydrogen) atoms. The fourth-order valence-corrected chi connectivity index (χ4v) is 0.801. The molecule has 2 aromatic rings. The highest BCUT2D eigenvalue weighted by Crippen LogP contribution is 1.90. The van der Waals surface area contributed by atoms with Crippen LogP contribution in [-0.2, 0) is 6.42 Å². The lowest BCUT2D eigenvalue weighted by Gasteiger charge is -1.96. The second kappa shape index (κ2) is 2.64. The molecule has 8 nitrogen and oxygen atoms in total. The van der Waals surface area contributed by atoms with E-state index in [1.807, 2.05) is 6.92 Å². The average Bonchev–Trinajstić information content (AvgIpc) is 2.74. The van der Waals surface area contributed by atoms with E-state index in [-0.39, 0.29) is 0 Å². The molecule has 0 spiro atoms. The van der Waals surface area contributed by atoms with Gasteiger partial charge in [-0.05, 0) is 20.5 Å². The maximum atomic E-state index is 3.78. The molecule has 0 aliphatic heterocycles. The maximum Gasteiger partial charge on any atom is 0.178 e. The molecular weight excluding hydrogens is 160 g/mol. The van der Waals surface area contributed by atoms with Crippen LogP contribution in [0.25, 0.3) is 0 Å². The largest absolute Gasteiger partial charge is 0.178 e. The van der Waals surface area contributed by atoms with Gasteiger partial charge in [0.05, 0.1) is 0 Å². The lowest BCUT2D eigenvalue weighted by molar-refractivity contribution is 0.407. The number of hydrogen-bond donors (Lipinski definition) is 0. The van der Waals surface area contributed by atoms with Crippen molar-refractivity contribution in [2.45, 2.75) is 13.3 Å². The molecule has 0 aliphatic carbocycles. The summed E-state index contributed by atoms with van der Waals surface area (Å²) in [5.74, 6) is 0.688. The van der Waals surface area contributed by atoms with Crippen LogP contribution in [0.3, 0.4) is 0 Å². The first-order valence-corrected chi connectivity index (χ1v) is 3.42. The van der Waals surface area contributed by atoms with Crippen molar-refractivity contribution < 1.29 is 0 Å². The highest BCUT2D eigenvalue weighted by Gasteiger charge is 2.05. The standard InChI is InChI=1S/C4H6N8/c1-2-4-7-8-10-11(4)12-6-3-5-9-12/h3H,2H2,1H3. The van der Waals surface area contributed by atoms with Gasteiger partial charge in [-0.1, -0.05) is 11.7 Å². The number of tetrazole rings is 2. The van der Waals surface area contributed by atoms with Gasteiger partial charge in [0.2, 0.25) is 0 Å². The zero-order valence-electron chi connectivity index (χ0n) is 6.36. The Morgan fingerprint density at radius 3 is 3.00 bits per heavy atom. The van der Waals surface area contributed by atoms with Crippen LogP contribution >= 0.6 is 0 Å². The van der Waals surface area contributed by atoms with Crippen molar-refractivity contribution >= 4 is 0 Å². The van der Waals surface area contributed by atoms with E-state index in [2.05, 4.69) is 30.9 Å². The Kier molecular flexibility index (Phi) is 1.50. The predicted molar refractivity (Wildman–Crippen MR) is 35.8 cm³/mol. The molecule has 0 atom stereocenters. The Hall–Kier alpha value is -1.86. The fraction of sp³-hybridized carbons (Fsp3) is 0.500. The molecule has 0 aromatic carbocycles. The van der Waals surface area contributed by atoms with Crippen molar-refractivity contribution in [2.24, 2.45) is 0 Å². The molecule has 0 radical (unpaired) electrons. The minimum absolute atomic E-state index is 0.688. The molecule has 0 bridgehead atoms. The summed E-state index contributed by atoms with van der Waals surface area (Å²) in [5.41, 5.74) is 0. The van der Waals surface area contributed by atoms with E-state index in [0.29, 0.717) is 12.2 Å². The van der Waals surface area contributed by atoms with Crippen molar-refractivity contribution in [1.29, 1.82) is 0 Å². The van der Waals surface area contributed by atoms with Crippen LogP contribution in [0.5, 0.6) is 0 Å². The quantitative estimate of drug-likeness (QED) is 0.541. The maximum absolute atomic E-state index is 3.78. The van der Waals surface area contributed by atoms with Gasteiger partial charge >= 0.3 is 0 Å². The Labute approximate surface area is 67.2 Å². The molecule has 2 aromatic heterocycles. The summed E-state index contributed by atoms with van der Waals surface area (Å²) in [6.45, 7) is 1.94. The van der Waals surface area contributed by atoms with Crippen molar-refractivity contribution in [1.82, 2.24) is 40.6 Å². The number of rotatable bonds is 2. The predicted octanol–water partition coefficient (Wildman–Crippen LogP) is -1.47. The minimum Gasteiger partial charge on any atom is -0.116 e. The van der Waals surface area contributed by atoms with Gasteiger partial charge in [-0.15, -0.1) is 15.3 Å². The van der Waals surface area contributed by atoms with Crippen molar-refractivity contribution in [2.75, 3.05) is 0 Å². The molecule has 8 heteroatoms. The Bertz CT molecular complexity index is 347. The van der Waals surface area contributed by atoms with Crippen LogP contribution < -0.4 is 0 Å². The SMILES string of the molecule is CCc1nnnn1-n1ncnn1. The van der Waals surface area contributed by atoms with Crippen molar-refractivity contribution in [3.8, 4) is 0 Å². The van der Waals surface area contributed by atoms with Crippen LogP contribution in [0.15, 0.2) is 6.33 Å². The van der Waals surface area contributed by atoms with E-state index in [1.54, 1.807) is 0 Å². The van der Waals surface area contributed by atoms with E-state index in [0.717, 1.165) is 0 Å².